The Hall–Kier alpha value is -5.65. The Kier molecular flexibility index (Phi) is 12.8. The first-order chi connectivity index (χ1) is 24.4. The van der Waals surface area contributed by atoms with Gasteiger partial charge in [0.2, 0.25) is 15.0 Å². The molecule has 17 heteroatoms. The van der Waals surface area contributed by atoms with Gasteiger partial charge in [0.15, 0.2) is 13.5 Å². The van der Waals surface area contributed by atoms with Gasteiger partial charge in [0.05, 0.1) is 22.5 Å². The van der Waals surface area contributed by atoms with Crippen LogP contribution in [0.1, 0.15) is 27.1 Å². The van der Waals surface area contributed by atoms with Gasteiger partial charge in [0, 0.05) is 31.9 Å². The third-order valence-corrected chi connectivity index (χ3v) is 7.94. The molecule has 0 saturated carbocycles. The highest BCUT2D eigenvalue weighted by Gasteiger charge is 2.24. The van der Waals surface area contributed by atoms with E-state index in [1.165, 1.54) is 70.3 Å². The van der Waals surface area contributed by atoms with Crippen LogP contribution in [0.15, 0.2) is 96.8 Å². The van der Waals surface area contributed by atoms with Crippen LogP contribution in [0.25, 0.3) is 45.0 Å². The minimum Gasteiger partial charge on any atom is -0.358 e. The van der Waals surface area contributed by atoms with Crippen molar-refractivity contribution in [1.29, 1.82) is 0 Å². The number of nitrogens with zero attached hydrogens (tertiary/aromatic N) is 6. The van der Waals surface area contributed by atoms with Crippen molar-refractivity contribution in [3.63, 3.8) is 0 Å². The van der Waals surface area contributed by atoms with Crippen molar-refractivity contribution in [3.8, 4) is 45.0 Å². The minimum atomic E-state index is -3.66. The van der Waals surface area contributed by atoms with Gasteiger partial charge in [-0.2, -0.15) is 9.48 Å². The summed E-state index contributed by atoms with van der Waals surface area (Å²) in [4.78, 5) is 41.1. The average molecular weight is 739 g/mol. The Bertz CT molecular complexity index is 2350. The molecule has 0 amide bonds. The van der Waals surface area contributed by atoms with Gasteiger partial charge in [-0.15, -0.1) is 0 Å². The van der Waals surface area contributed by atoms with Crippen LogP contribution in [0.4, 0.5) is 8.78 Å². The molecule has 0 fully saturated rings. The predicted octanol–water partition coefficient (Wildman–Crippen LogP) is 5.74. The number of halogens is 2. The highest BCUT2D eigenvalue weighted by Crippen LogP contribution is 2.31. The fraction of sp³-hybridized carbons (Fsp3) is 0.257. The van der Waals surface area contributed by atoms with E-state index in [1.807, 2.05) is 6.92 Å². The first-order valence-electron chi connectivity index (χ1n) is 15.4. The number of aromatic nitrogens is 6. The topological polar surface area (TPSA) is 174 Å². The summed E-state index contributed by atoms with van der Waals surface area (Å²) in [5, 5.41) is -0.387. The van der Waals surface area contributed by atoms with Crippen molar-refractivity contribution in [2.45, 2.75) is 46.8 Å². The average Bonchev–Trinajstić information content (AvgIpc) is 3.62. The van der Waals surface area contributed by atoms with Gasteiger partial charge in [-0.3, -0.25) is 0 Å². The Morgan fingerprint density at radius 3 is 1.52 bits per heavy atom. The highest BCUT2D eigenvalue weighted by atomic mass is 32.2. The number of hydrogen-bond acceptors (Lipinski definition) is 12. The first-order valence-corrected chi connectivity index (χ1v) is 17.3. The Morgan fingerprint density at radius 1 is 0.692 bits per heavy atom. The molecule has 4 heterocycles. The zero-order valence-corrected chi connectivity index (χ0v) is 28.7. The molecule has 0 radical (unpaired) electrons. The molecule has 0 atom stereocenters. The lowest BCUT2D eigenvalue weighted by atomic mass is 10.0. The highest BCUT2D eigenvalue weighted by molar-refractivity contribution is 7.90. The summed E-state index contributed by atoms with van der Waals surface area (Å²) in [6.07, 6.45) is 3.86. The van der Waals surface area contributed by atoms with E-state index in [4.69, 9.17) is 18.5 Å². The predicted molar refractivity (Wildman–Crippen MR) is 187 cm³/mol. The lowest BCUT2D eigenvalue weighted by Crippen LogP contribution is -2.07. The van der Waals surface area contributed by atoms with Crippen molar-refractivity contribution in [2.24, 2.45) is 0 Å². The standard InChI is InChI=1S/C17H16FN3O5S.C17H16FN3O3.CH4/c1-3-25-10-21-15(13-8-9-19-17(20-13)27(2,23)24)14(16(22)26-21)11-4-6-12(18)7-5-11;1-3-23-10-21-16(14-8-9-19-11(2)20-14)15(17(22)24-21)12-4-6-13(18)7-5-12;/h4-9H,3,10H2,1-2H3;4-9H,3,10H2,1-2H3;1H4. The fourth-order valence-corrected chi connectivity index (χ4v) is 5.37. The van der Waals surface area contributed by atoms with Crippen LogP contribution in [0, 0.1) is 18.6 Å². The first kappa shape index (κ1) is 39.1. The van der Waals surface area contributed by atoms with Gasteiger partial charge in [0.25, 0.3) is 0 Å². The van der Waals surface area contributed by atoms with Crippen molar-refractivity contribution in [1.82, 2.24) is 29.4 Å². The van der Waals surface area contributed by atoms with Crippen LogP contribution < -0.4 is 11.3 Å². The van der Waals surface area contributed by atoms with Crippen LogP contribution in [0.2, 0.25) is 0 Å². The molecule has 0 unspecified atom stereocenters. The summed E-state index contributed by atoms with van der Waals surface area (Å²) in [6, 6.07) is 14.1. The maximum absolute atomic E-state index is 13.3. The van der Waals surface area contributed by atoms with E-state index in [0.29, 0.717) is 47.1 Å². The number of benzene rings is 2. The summed E-state index contributed by atoms with van der Waals surface area (Å²) >= 11 is 0. The van der Waals surface area contributed by atoms with Gasteiger partial charge in [-0.05, 0) is 68.3 Å². The van der Waals surface area contributed by atoms with E-state index in [1.54, 1.807) is 26.1 Å². The van der Waals surface area contributed by atoms with E-state index in [0.717, 1.165) is 6.26 Å². The van der Waals surface area contributed by atoms with E-state index in [-0.39, 0.29) is 48.8 Å². The zero-order chi connectivity index (χ0) is 36.7. The summed E-state index contributed by atoms with van der Waals surface area (Å²) in [5.41, 5.74) is 1.55. The van der Waals surface area contributed by atoms with E-state index in [9.17, 15) is 26.8 Å². The SMILES string of the molecule is C.CCOCn1oc(=O)c(-c2ccc(F)cc2)c1-c1ccnc(C)n1.CCOCn1oc(=O)c(-c2ccc(F)cc2)c1-c1ccnc(S(C)(=O)=O)n1. The van der Waals surface area contributed by atoms with Crippen LogP contribution in [-0.2, 0) is 32.8 Å². The van der Waals surface area contributed by atoms with Gasteiger partial charge >= 0.3 is 11.3 Å². The second-order valence-corrected chi connectivity index (χ2v) is 12.6. The van der Waals surface area contributed by atoms with Crippen molar-refractivity contribution in [3.05, 3.63) is 111 Å². The zero-order valence-electron chi connectivity index (χ0n) is 27.9. The Labute approximate surface area is 297 Å². The molecule has 52 heavy (non-hydrogen) atoms. The number of hydrogen-bond donors (Lipinski definition) is 0. The molecule has 2 aromatic carbocycles. The molecule has 6 rings (SSSR count). The van der Waals surface area contributed by atoms with Crippen LogP contribution >= 0.6 is 0 Å². The van der Waals surface area contributed by atoms with Gasteiger partial charge in [0.1, 0.15) is 28.8 Å². The molecule has 6 aromatic rings. The molecular formula is C35H36F2N6O8S. The lowest BCUT2D eigenvalue weighted by molar-refractivity contribution is 0.0314. The Morgan fingerprint density at radius 2 is 1.12 bits per heavy atom. The summed E-state index contributed by atoms with van der Waals surface area (Å²) in [5.74, 6) is -0.273. The molecule has 0 aliphatic heterocycles. The normalized spacial score (nSPS) is 11.1. The van der Waals surface area contributed by atoms with Crippen LogP contribution in [-0.4, -0.2) is 57.3 Å². The molecular weight excluding hydrogens is 702 g/mol. The summed E-state index contributed by atoms with van der Waals surface area (Å²) in [7, 11) is -3.66. The van der Waals surface area contributed by atoms with Crippen molar-refractivity contribution < 1.29 is 35.7 Å². The Balaban J connectivity index is 0.000000230. The number of rotatable bonds is 11. The maximum Gasteiger partial charge on any atom is 0.366 e. The monoisotopic (exact) mass is 738 g/mol. The van der Waals surface area contributed by atoms with Gasteiger partial charge in [-0.1, -0.05) is 31.7 Å². The second-order valence-electron chi connectivity index (χ2n) is 10.7. The molecule has 274 valence electrons. The minimum absolute atomic E-state index is 0. The summed E-state index contributed by atoms with van der Waals surface area (Å²) < 4.78 is 73.8. The van der Waals surface area contributed by atoms with Crippen LogP contribution in [0.3, 0.4) is 0 Å². The summed E-state index contributed by atoms with van der Waals surface area (Å²) in [6.45, 7) is 6.20. The molecule has 0 spiro atoms. The third kappa shape index (κ3) is 8.98. The molecule has 0 N–H and O–H groups in total. The third-order valence-electron chi connectivity index (χ3n) is 7.08. The van der Waals surface area contributed by atoms with E-state index >= 15 is 0 Å². The smallest absolute Gasteiger partial charge is 0.358 e. The second kappa shape index (κ2) is 17.0. The van der Waals surface area contributed by atoms with Gasteiger partial charge in [-0.25, -0.2) is 46.7 Å². The molecule has 14 nitrogen and oxygen atoms in total. The van der Waals surface area contributed by atoms with E-state index in [2.05, 4.69) is 19.9 Å². The number of ether oxygens (including phenoxy) is 2. The maximum atomic E-state index is 13.3. The quantitative estimate of drug-likeness (QED) is 0.148. The van der Waals surface area contributed by atoms with Crippen molar-refractivity contribution in [2.75, 3.05) is 19.5 Å². The molecule has 4 aromatic heterocycles. The fourth-order valence-electron chi connectivity index (χ4n) is 4.85. The van der Waals surface area contributed by atoms with Crippen molar-refractivity contribution >= 4 is 9.84 Å². The molecule has 0 bridgehead atoms. The number of aryl methyl sites for hydroxylation is 1. The molecule has 0 aliphatic rings. The van der Waals surface area contributed by atoms with E-state index < -0.39 is 26.9 Å². The largest absolute Gasteiger partial charge is 0.366 e. The number of sulfone groups is 1. The molecule has 0 saturated heterocycles. The van der Waals surface area contributed by atoms with Crippen LogP contribution in [0.5, 0.6) is 0 Å². The molecule has 0 aliphatic carbocycles. The lowest BCUT2D eigenvalue weighted by Gasteiger charge is -2.08. The van der Waals surface area contributed by atoms with Gasteiger partial charge < -0.3 is 18.5 Å².